The van der Waals surface area contributed by atoms with Crippen LogP contribution in [0.5, 0.6) is 0 Å². The average molecular weight is 996 g/mol. The first kappa shape index (κ1) is 66.7. The van der Waals surface area contributed by atoms with Crippen LogP contribution in [-0.4, -0.2) is 74.3 Å². The second-order valence-electron chi connectivity index (χ2n) is 19.6. The van der Waals surface area contributed by atoms with Crippen molar-refractivity contribution in [2.24, 2.45) is 0 Å². The van der Waals surface area contributed by atoms with Crippen molar-refractivity contribution in [3.63, 3.8) is 0 Å². The molecule has 0 aliphatic carbocycles. The molecular weight excluding hydrogens is 892 g/mol. The second kappa shape index (κ2) is 49.3. The summed E-state index contributed by atoms with van der Waals surface area (Å²) in [6.45, 7) is 6.77. The Kier molecular flexibility index (Phi) is 46.9. The lowest BCUT2D eigenvalue weighted by Gasteiger charge is -2.27. The molecule has 9 nitrogen and oxygen atoms in total. The first-order valence-corrected chi connectivity index (χ1v) is 29.3. The second-order valence-corrected chi connectivity index (χ2v) is 21.0. The molecule has 0 aliphatic heterocycles. The van der Waals surface area contributed by atoms with Gasteiger partial charge < -0.3 is 19.4 Å². The maximum Gasteiger partial charge on any atom is 0.472 e. The van der Waals surface area contributed by atoms with Crippen molar-refractivity contribution in [3.8, 4) is 0 Å². The zero-order chi connectivity index (χ0) is 51.5. The molecule has 0 fully saturated rings. The molecule has 0 aliphatic rings. The van der Waals surface area contributed by atoms with Crippen LogP contribution < -0.4 is 5.32 Å². The van der Waals surface area contributed by atoms with Gasteiger partial charge in [0.15, 0.2) is 0 Å². The number of quaternary nitrogens is 1. The van der Waals surface area contributed by atoms with E-state index in [0.717, 1.165) is 70.6 Å². The lowest BCUT2D eigenvalue weighted by molar-refractivity contribution is -0.870. The lowest BCUT2D eigenvalue weighted by Crippen LogP contribution is -2.47. The van der Waals surface area contributed by atoms with Gasteiger partial charge in [0.05, 0.1) is 33.8 Å². The number of esters is 1. The van der Waals surface area contributed by atoms with Crippen LogP contribution in [0.2, 0.25) is 0 Å². The summed E-state index contributed by atoms with van der Waals surface area (Å²) < 4.78 is 30.5. The van der Waals surface area contributed by atoms with E-state index in [4.69, 9.17) is 13.8 Å². The summed E-state index contributed by atoms with van der Waals surface area (Å²) in [6, 6.07) is -0.886. The molecule has 0 radical (unpaired) electrons. The van der Waals surface area contributed by atoms with Crippen molar-refractivity contribution >= 4 is 19.7 Å². The number of hydrogen-bond donors (Lipinski definition) is 2. The van der Waals surface area contributed by atoms with E-state index in [1.807, 2.05) is 94.1 Å². The molecule has 400 valence electrons. The Morgan fingerprint density at radius 2 is 0.914 bits per heavy atom. The van der Waals surface area contributed by atoms with E-state index in [1.165, 1.54) is 89.9 Å². The summed E-state index contributed by atoms with van der Waals surface area (Å²) in [5.74, 6) is -0.597. The number of phosphoric ester groups is 1. The summed E-state index contributed by atoms with van der Waals surface area (Å²) in [7, 11) is 1.43. The normalized spacial score (nSPS) is 14.7. The van der Waals surface area contributed by atoms with Gasteiger partial charge in [-0.1, -0.05) is 227 Å². The first-order chi connectivity index (χ1) is 33.9. The summed E-state index contributed by atoms with van der Waals surface area (Å²) >= 11 is 0. The van der Waals surface area contributed by atoms with Crippen LogP contribution in [0.3, 0.4) is 0 Å². The molecule has 70 heavy (non-hydrogen) atoms. The Morgan fingerprint density at radius 1 is 0.514 bits per heavy atom. The highest BCUT2D eigenvalue weighted by molar-refractivity contribution is 7.47. The fourth-order valence-electron chi connectivity index (χ4n) is 7.31. The van der Waals surface area contributed by atoms with Gasteiger partial charge in [0.1, 0.15) is 19.3 Å². The number of rotatable bonds is 48. The number of carbonyl (C=O) groups is 2. The van der Waals surface area contributed by atoms with Crippen LogP contribution in [0.4, 0.5) is 0 Å². The summed E-state index contributed by atoms with van der Waals surface area (Å²) in [6.07, 6.45) is 66.6. The van der Waals surface area contributed by atoms with E-state index in [2.05, 4.69) is 62.5 Å². The van der Waals surface area contributed by atoms with Gasteiger partial charge in [0, 0.05) is 12.8 Å². The van der Waals surface area contributed by atoms with E-state index in [-0.39, 0.29) is 37.9 Å². The Bertz CT molecular complexity index is 1570. The zero-order valence-electron chi connectivity index (χ0n) is 45.5. The molecule has 0 spiro atoms. The van der Waals surface area contributed by atoms with Crippen molar-refractivity contribution in [3.05, 3.63) is 109 Å². The Balaban J connectivity index is 5.51. The van der Waals surface area contributed by atoms with Gasteiger partial charge in [-0.2, -0.15) is 0 Å². The van der Waals surface area contributed by atoms with Gasteiger partial charge in [-0.3, -0.25) is 18.6 Å². The van der Waals surface area contributed by atoms with Gasteiger partial charge >= 0.3 is 13.8 Å². The number of allylic oxidation sites excluding steroid dienone is 17. The fourth-order valence-corrected chi connectivity index (χ4v) is 8.05. The van der Waals surface area contributed by atoms with E-state index in [1.54, 1.807) is 0 Å². The minimum absolute atomic E-state index is 0.0215. The third-order valence-corrected chi connectivity index (χ3v) is 12.6. The van der Waals surface area contributed by atoms with Gasteiger partial charge in [-0.05, 0) is 76.7 Å². The fraction of sp³-hybridized carbons (Fsp3) is 0.667. The summed E-state index contributed by atoms with van der Waals surface area (Å²) in [5, 5.41) is 3.01. The molecule has 0 bridgehead atoms. The van der Waals surface area contributed by atoms with Gasteiger partial charge in [-0.25, -0.2) is 4.57 Å². The van der Waals surface area contributed by atoms with Crippen LogP contribution in [0.1, 0.15) is 207 Å². The highest BCUT2D eigenvalue weighted by Gasteiger charge is 2.30. The minimum atomic E-state index is -4.47. The highest BCUT2D eigenvalue weighted by Crippen LogP contribution is 2.43. The highest BCUT2D eigenvalue weighted by atomic mass is 31.2. The molecule has 10 heteroatoms. The number of amides is 1. The number of hydrogen-bond acceptors (Lipinski definition) is 6. The molecule has 0 rings (SSSR count). The van der Waals surface area contributed by atoms with Crippen LogP contribution >= 0.6 is 7.82 Å². The standard InChI is InChI=1S/C60H103N2O7P/c1-7-10-13-16-19-22-25-27-29-31-33-35-38-41-44-47-50-53-60(64)69-58(51-48-45-42-39-36-24-21-18-15-12-9-3)57(56-68-70(65,66)67-55-54-62(4,5)6)61-59(63)52-49-46-43-40-37-34-32-30-28-26-23-20-17-14-11-8-2/h10,13,16,19,22,25,27,29-35,37-38,48,51,57-58H,7-9,11-12,14-15,17-18,20-21,23-24,26,28,36,39-47,49-50,52-56H2,1-6H3,(H-,61,63,65,66)/p+1/b13-10-,19-16+,25-22+,29-27-,32-30+,33-31+,37-34+,38-35+,51-48+. The van der Waals surface area contributed by atoms with E-state index < -0.39 is 20.0 Å². The number of carbonyl (C=O) groups excluding carboxylic acids is 2. The third kappa shape index (κ3) is 49.6. The smallest absolute Gasteiger partial charge is 0.456 e. The van der Waals surface area contributed by atoms with E-state index in [9.17, 15) is 19.0 Å². The molecule has 0 saturated heterocycles. The topological polar surface area (TPSA) is 111 Å². The van der Waals surface area contributed by atoms with Crippen molar-refractivity contribution in [2.75, 3.05) is 40.9 Å². The van der Waals surface area contributed by atoms with Crippen molar-refractivity contribution in [1.82, 2.24) is 5.32 Å². The molecule has 3 atom stereocenters. The van der Waals surface area contributed by atoms with Crippen molar-refractivity contribution < 1.29 is 37.3 Å². The maximum atomic E-state index is 13.5. The van der Waals surface area contributed by atoms with Crippen molar-refractivity contribution in [2.45, 2.75) is 219 Å². The van der Waals surface area contributed by atoms with Gasteiger partial charge in [0.25, 0.3) is 0 Å². The number of likely N-dealkylation sites (N-methyl/N-ethyl adjacent to an activating group) is 1. The van der Waals surface area contributed by atoms with E-state index in [0.29, 0.717) is 23.9 Å². The SMILES string of the molecule is CC\C=C/C=C/C=C/C=C\C=C\C=C\CCCCCC(=O)OC(/C=C/CCCCCCCCCCC)C(COP(=O)(O)OCC[N+](C)(C)C)NC(=O)CCCCC/C=C/C=C/CCCCCCCCC. The van der Waals surface area contributed by atoms with E-state index >= 15 is 0 Å². The summed E-state index contributed by atoms with van der Waals surface area (Å²) in [4.78, 5) is 37.5. The lowest BCUT2D eigenvalue weighted by atomic mass is 10.1. The van der Waals surface area contributed by atoms with Crippen LogP contribution in [-0.2, 0) is 27.9 Å². The molecular formula is C60H104N2O7P+. The Morgan fingerprint density at radius 3 is 1.39 bits per heavy atom. The predicted octanol–water partition coefficient (Wildman–Crippen LogP) is 16.6. The van der Waals surface area contributed by atoms with Gasteiger partial charge in [-0.15, -0.1) is 0 Å². The molecule has 0 saturated carbocycles. The van der Waals surface area contributed by atoms with Crippen LogP contribution in [0.15, 0.2) is 109 Å². The zero-order valence-corrected chi connectivity index (χ0v) is 46.4. The van der Waals surface area contributed by atoms with Gasteiger partial charge in [0.2, 0.25) is 5.91 Å². The molecule has 0 aromatic carbocycles. The number of ether oxygens (including phenoxy) is 1. The monoisotopic (exact) mass is 996 g/mol. The average Bonchev–Trinajstić information content (AvgIpc) is 3.32. The first-order valence-electron chi connectivity index (χ1n) is 27.8. The number of nitrogens with zero attached hydrogens (tertiary/aromatic N) is 1. The maximum absolute atomic E-state index is 13.5. The molecule has 0 heterocycles. The number of unbranched alkanes of at least 4 members (excludes halogenated alkanes) is 22. The molecule has 0 aromatic heterocycles. The Labute approximate surface area is 430 Å². The summed E-state index contributed by atoms with van der Waals surface area (Å²) in [5.41, 5.74) is 0. The van der Waals surface area contributed by atoms with Crippen LogP contribution in [0.25, 0.3) is 0 Å². The largest absolute Gasteiger partial charge is 0.472 e. The third-order valence-electron chi connectivity index (χ3n) is 11.6. The Hall–Kier alpha value is -3.33. The minimum Gasteiger partial charge on any atom is -0.456 e. The molecule has 1 amide bonds. The molecule has 3 unspecified atom stereocenters. The number of nitrogens with one attached hydrogen (secondary N) is 1. The molecule has 2 N–H and O–H groups in total. The van der Waals surface area contributed by atoms with Crippen molar-refractivity contribution in [1.29, 1.82) is 0 Å². The van der Waals surface area contributed by atoms with Crippen LogP contribution in [0, 0.1) is 0 Å². The number of phosphoric acid groups is 1. The quantitative estimate of drug-likeness (QED) is 0.0156. The molecule has 0 aromatic rings. The predicted molar refractivity (Wildman–Crippen MR) is 300 cm³/mol.